The number of anilines is 1. The summed E-state index contributed by atoms with van der Waals surface area (Å²) in [6, 6.07) is 0. The Morgan fingerprint density at radius 1 is 1.28 bits per heavy atom. The van der Waals surface area contributed by atoms with E-state index in [4.69, 9.17) is 12.2 Å². The van der Waals surface area contributed by atoms with Crippen LogP contribution in [0, 0.1) is 10.7 Å². The van der Waals surface area contributed by atoms with Crippen LogP contribution in [0.5, 0.6) is 0 Å². The number of rotatable bonds is 8. The first kappa shape index (κ1) is 15.2. The molecule has 0 aliphatic carbocycles. The molecule has 18 heavy (non-hydrogen) atoms. The fourth-order valence-corrected chi connectivity index (χ4v) is 2.41. The van der Waals surface area contributed by atoms with Gasteiger partial charge in [0.25, 0.3) is 0 Å². The molecule has 0 fully saturated rings. The molecule has 0 amide bonds. The van der Waals surface area contributed by atoms with E-state index in [1.807, 2.05) is 0 Å². The molecule has 0 aromatic carbocycles. The van der Waals surface area contributed by atoms with E-state index in [2.05, 4.69) is 47.4 Å². The molecule has 4 nitrogen and oxygen atoms in total. The number of hydrogen-bond donors (Lipinski definition) is 1. The van der Waals surface area contributed by atoms with Gasteiger partial charge in [-0.2, -0.15) is 0 Å². The summed E-state index contributed by atoms with van der Waals surface area (Å²) in [5.41, 5.74) is 0. The van der Waals surface area contributed by atoms with Gasteiger partial charge in [0.15, 0.2) is 4.77 Å². The van der Waals surface area contributed by atoms with Gasteiger partial charge in [0.2, 0.25) is 5.95 Å². The number of H-pyrrole nitrogens is 1. The molecule has 0 spiro atoms. The van der Waals surface area contributed by atoms with Crippen molar-refractivity contribution in [1.29, 1.82) is 0 Å². The van der Waals surface area contributed by atoms with Gasteiger partial charge >= 0.3 is 0 Å². The zero-order chi connectivity index (χ0) is 13.5. The van der Waals surface area contributed by atoms with E-state index >= 15 is 0 Å². The smallest absolute Gasteiger partial charge is 0.225 e. The Kier molecular flexibility index (Phi) is 6.39. The highest BCUT2D eigenvalue weighted by molar-refractivity contribution is 7.71. The van der Waals surface area contributed by atoms with E-state index in [-0.39, 0.29) is 0 Å². The lowest BCUT2D eigenvalue weighted by Crippen LogP contribution is -2.31. The Hall–Kier alpha value is -0.840. The van der Waals surface area contributed by atoms with Gasteiger partial charge in [0, 0.05) is 19.6 Å². The fourth-order valence-electron chi connectivity index (χ4n) is 2.19. The maximum absolute atomic E-state index is 5.29. The lowest BCUT2D eigenvalue weighted by molar-refractivity contribution is 0.478. The van der Waals surface area contributed by atoms with E-state index in [1.54, 1.807) is 0 Å². The summed E-state index contributed by atoms with van der Waals surface area (Å²) in [6.45, 7) is 11.8. The summed E-state index contributed by atoms with van der Waals surface area (Å²) in [7, 11) is 0. The second-order valence-corrected chi connectivity index (χ2v) is 5.09. The average Bonchev–Trinajstić information content (AvgIpc) is 2.74. The highest BCUT2D eigenvalue weighted by Crippen LogP contribution is 2.17. The zero-order valence-electron chi connectivity index (χ0n) is 12.1. The summed E-state index contributed by atoms with van der Waals surface area (Å²) in [6.07, 6.45) is 3.50. The Labute approximate surface area is 115 Å². The molecule has 104 valence electrons. The predicted octanol–water partition coefficient (Wildman–Crippen LogP) is 3.61. The molecule has 0 bridgehead atoms. The average molecular weight is 270 g/mol. The van der Waals surface area contributed by atoms with E-state index in [0.717, 1.165) is 42.7 Å². The minimum absolute atomic E-state index is 0.727. The van der Waals surface area contributed by atoms with E-state index in [9.17, 15) is 0 Å². The molecule has 1 aromatic heterocycles. The van der Waals surface area contributed by atoms with Gasteiger partial charge in [-0.05, 0) is 31.5 Å². The normalized spacial score (nSPS) is 11.2. The van der Waals surface area contributed by atoms with Crippen molar-refractivity contribution in [3.8, 4) is 0 Å². The standard InChI is InChI=1S/C13H26N4S/c1-5-9-17-12(14-15-13(17)18)16(8-4)10-11(6-2)7-3/h11H,5-10H2,1-4H3,(H,15,18). The van der Waals surface area contributed by atoms with Crippen molar-refractivity contribution in [3.63, 3.8) is 0 Å². The molecule has 0 unspecified atom stereocenters. The zero-order valence-corrected chi connectivity index (χ0v) is 12.9. The van der Waals surface area contributed by atoms with Crippen LogP contribution in [0.4, 0.5) is 5.95 Å². The van der Waals surface area contributed by atoms with Crippen molar-refractivity contribution in [2.45, 2.75) is 53.5 Å². The molecule has 1 rings (SSSR count). The molecule has 1 aromatic rings. The predicted molar refractivity (Wildman–Crippen MR) is 79.7 cm³/mol. The number of aromatic nitrogens is 3. The lowest BCUT2D eigenvalue weighted by atomic mass is 10.0. The third-order valence-electron chi connectivity index (χ3n) is 3.48. The fraction of sp³-hybridized carbons (Fsp3) is 0.846. The van der Waals surface area contributed by atoms with Crippen LogP contribution in [0.25, 0.3) is 0 Å². The number of nitrogens with zero attached hydrogens (tertiary/aromatic N) is 3. The highest BCUT2D eigenvalue weighted by atomic mass is 32.1. The lowest BCUT2D eigenvalue weighted by Gasteiger charge is -2.26. The summed E-state index contributed by atoms with van der Waals surface area (Å²) < 4.78 is 2.84. The summed E-state index contributed by atoms with van der Waals surface area (Å²) in [4.78, 5) is 2.33. The van der Waals surface area contributed by atoms with Crippen molar-refractivity contribution in [1.82, 2.24) is 14.8 Å². The van der Waals surface area contributed by atoms with E-state index in [0.29, 0.717) is 0 Å². The molecule has 0 saturated carbocycles. The third kappa shape index (κ3) is 3.57. The van der Waals surface area contributed by atoms with Crippen LogP contribution >= 0.6 is 12.2 Å². The molecule has 0 radical (unpaired) electrons. The van der Waals surface area contributed by atoms with Crippen molar-refractivity contribution < 1.29 is 0 Å². The highest BCUT2D eigenvalue weighted by Gasteiger charge is 2.16. The molecule has 0 atom stereocenters. The van der Waals surface area contributed by atoms with Crippen molar-refractivity contribution >= 4 is 18.2 Å². The van der Waals surface area contributed by atoms with Crippen LogP contribution in [0.3, 0.4) is 0 Å². The van der Waals surface area contributed by atoms with Crippen molar-refractivity contribution in [2.75, 3.05) is 18.0 Å². The first-order chi connectivity index (χ1) is 8.67. The van der Waals surface area contributed by atoms with Crippen LogP contribution < -0.4 is 4.90 Å². The summed E-state index contributed by atoms with van der Waals surface area (Å²) in [5, 5.41) is 7.32. The first-order valence-corrected chi connectivity index (χ1v) is 7.48. The summed E-state index contributed by atoms with van der Waals surface area (Å²) >= 11 is 5.29. The number of aromatic amines is 1. The minimum Gasteiger partial charge on any atom is -0.341 e. The molecule has 0 aliphatic heterocycles. The van der Waals surface area contributed by atoms with Gasteiger partial charge in [0.1, 0.15) is 0 Å². The number of hydrogen-bond acceptors (Lipinski definition) is 3. The Morgan fingerprint density at radius 2 is 1.94 bits per heavy atom. The van der Waals surface area contributed by atoms with Gasteiger partial charge in [0.05, 0.1) is 0 Å². The quantitative estimate of drug-likeness (QED) is 0.733. The van der Waals surface area contributed by atoms with E-state index in [1.165, 1.54) is 12.8 Å². The molecule has 0 aliphatic rings. The Morgan fingerprint density at radius 3 is 2.44 bits per heavy atom. The van der Waals surface area contributed by atoms with Crippen LogP contribution in [0.2, 0.25) is 0 Å². The molecule has 1 N–H and O–H groups in total. The maximum atomic E-state index is 5.29. The summed E-state index contributed by atoms with van der Waals surface area (Å²) in [5.74, 6) is 1.72. The number of nitrogens with one attached hydrogen (secondary N) is 1. The van der Waals surface area contributed by atoms with Crippen LogP contribution in [-0.2, 0) is 6.54 Å². The second-order valence-electron chi connectivity index (χ2n) is 4.70. The molecule has 0 saturated heterocycles. The monoisotopic (exact) mass is 270 g/mol. The molecular weight excluding hydrogens is 244 g/mol. The Balaban J connectivity index is 2.90. The maximum Gasteiger partial charge on any atom is 0.225 e. The Bertz CT molecular complexity index is 392. The first-order valence-electron chi connectivity index (χ1n) is 7.07. The molecule has 1 heterocycles. The van der Waals surface area contributed by atoms with Gasteiger partial charge in [-0.15, -0.1) is 5.10 Å². The second kappa shape index (κ2) is 7.56. The minimum atomic E-state index is 0.727. The third-order valence-corrected chi connectivity index (χ3v) is 3.79. The van der Waals surface area contributed by atoms with Gasteiger partial charge in [-0.3, -0.25) is 4.57 Å². The van der Waals surface area contributed by atoms with Crippen LogP contribution in [0.1, 0.15) is 47.0 Å². The van der Waals surface area contributed by atoms with Crippen molar-refractivity contribution in [3.05, 3.63) is 4.77 Å². The topological polar surface area (TPSA) is 36.9 Å². The SMILES string of the molecule is CCCn1c(N(CC)CC(CC)CC)n[nH]c1=S. The largest absolute Gasteiger partial charge is 0.341 e. The van der Waals surface area contributed by atoms with Gasteiger partial charge in [-0.25, -0.2) is 5.10 Å². The van der Waals surface area contributed by atoms with Crippen LogP contribution in [-0.4, -0.2) is 27.9 Å². The van der Waals surface area contributed by atoms with Crippen LogP contribution in [0.15, 0.2) is 0 Å². The van der Waals surface area contributed by atoms with Gasteiger partial charge in [-0.1, -0.05) is 33.6 Å². The van der Waals surface area contributed by atoms with Gasteiger partial charge < -0.3 is 4.90 Å². The van der Waals surface area contributed by atoms with Crippen molar-refractivity contribution in [2.24, 2.45) is 5.92 Å². The van der Waals surface area contributed by atoms with E-state index < -0.39 is 0 Å². The molecular formula is C13H26N4S. The molecule has 5 heteroatoms.